The van der Waals surface area contributed by atoms with Crippen LogP contribution in [0.3, 0.4) is 0 Å². The zero-order chi connectivity index (χ0) is 12.2. The van der Waals surface area contributed by atoms with Crippen molar-refractivity contribution in [2.24, 2.45) is 5.73 Å². The summed E-state index contributed by atoms with van der Waals surface area (Å²) in [5.74, 6) is 0.211. The van der Waals surface area contributed by atoms with Crippen LogP contribution in [0.5, 0.6) is 0 Å². The number of rotatable bonds is 5. The van der Waals surface area contributed by atoms with Crippen molar-refractivity contribution in [3.8, 4) is 0 Å². The Morgan fingerprint density at radius 3 is 2.75 bits per heavy atom. The van der Waals surface area contributed by atoms with Crippen LogP contribution in [0.4, 0.5) is 0 Å². The number of thiocarbonyl (C=S) groups is 1. The van der Waals surface area contributed by atoms with Crippen molar-refractivity contribution < 1.29 is 8.42 Å². The summed E-state index contributed by atoms with van der Waals surface area (Å²) in [4.78, 5) is 0.305. The summed E-state index contributed by atoms with van der Waals surface area (Å²) in [5.41, 5.74) is 5.61. The van der Waals surface area contributed by atoms with E-state index in [1.807, 2.05) is 6.92 Å². The summed E-state index contributed by atoms with van der Waals surface area (Å²) >= 11 is 4.95. The summed E-state index contributed by atoms with van der Waals surface area (Å²) in [7, 11) is -3.17. The van der Waals surface area contributed by atoms with Gasteiger partial charge in [-0.3, -0.25) is 0 Å². The molecule has 1 saturated heterocycles. The van der Waals surface area contributed by atoms with Crippen molar-refractivity contribution in [1.82, 2.24) is 4.31 Å². The lowest BCUT2D eigenvalue weighted by atomic mass is 10.1. The number of piperidine rings is 1. The first-order valence-electron chi connectivity index (χ1n) is 5.78. The summed E-state index contributed by atoms with van der Waals surface area (Å²) in [6.07, 6.45) is 4.25. The van der Waals surface area contributed by atoms with Crippen LogP contribution in [-0.4, -0.2) is 36.1 Å². The third-order valence-electron chi connectivity index (χ3n) is 2.90. The highest BCUT2D eigenvalue weighted by atomic mass is 32.2. The summed E-state index contributed by atoms with van der Waals surface area (Å²) in [6, 6.07) is -0.259. The molecule has 2 N–H and O–H groups in total. The molecule has 1 heterocycles. The van der Waals surface area contributed by atoms with Gasteiger partial charge in [-0.15, -0.1) is 0 Å². The fourth-order valence-corrected chi connectivity index (χ4v) is 4.18. The molecule has 0 saturated carbocycles. The van der Waals surface area contributed by atoms with E-state index in [1.165, 1.54) is 4.31 Å². The van der Waals surface area contributed by atoms with E-state index in [0.29, 0.717) is 18.0 Å². The predicted molar refractivity (Wildman–Crippen MR) is 69.8 cm³/mol. The van der Waals surface area contributed by atoms with Crippen LogP contribution in [0, 0.1) is 0 Å². The molecule has 0 aromatic rings. The van der Waals surface area contributed by atoms with Gasteiger partial charge in [0.1, 0.15) is 0 Å². The number of sulfonamides is 1. The quantitative estimate of drug-likeness (QED) is 0.759. The fourth-order valence-electron chi connectivity index (χ4n) is 1.97. The molecule has 0 amide bonds. The molecule has 0 bridgehead atoms. The van der Waals surface area contributed by atoms with Gasteiger partial charge in [0.15, 0.2) is 0 Å². The van der Waals surface area contributed by atoms with Gasteiger partial charge in [-0.2, -0.15) is 4.31 Å². The Kier molecular flexibility index (Phi) is 5.14. The first-order chi connectivity index (χ1) is 7.49. The van der Waals surface area contributed by atoms with E-state index in [9.17, 15) is 8.42 Å². The second kappa shape index (κ2) is 5.93. The zero-order valence-corrected chi connectivity index (χ0v) is 11.3. The molecule has 6 heteroatoms. The topological polar surface area (TPSA) is 63.4 Å². The van der Waals surface area contributed by atoms with Crippen molar-refractivity contribution in [1.29, 1.82) is 0 Å². The molecule has 0 radical (unpaired) electrons. The van der Waals surface area contributed by atoms with Gasteiger partial charge in [0, 0.05) is 6.54 Å². The Balaban J connectivity index is 2.78. The van der Waals surface area contributed by atoms with Crippen molar-refractivity contribution in [2.45, 2.75) is 45.1 Å². The first kappa shape index (κ1) is 13.9. The van der Waals surface area contributed by atoms with Crippen LogP contribution in [-0.2, 0) is 10.0 Å². The van der Waals surface area contributed by atoms with E-state index >= 15 is 0 Å². The highest BCUT2D eigenvalue weighted by Gasteiger charge is 2.33. The van der Waals surface area contributed by atoms with E-state index in [-0.39, 0.29) is 11.8 Å². The molecule has 1 atom stereocenters. The lowest BCUT2D eigenvalue weighted by Crippen LogP contribution is -2.50. The number of hydrogen-bond acceptors (Lipinski definition) is 3. The second-order valence-corrected chi connectivity index (χ2v) is 6.71. The number of nitrogens with two attached hydrogens (primary N) is 1. The van der Waals surface area contributed by atoms with E-state index in [0.717, 1.165) is 25.7 Å². The number of hydrogen-bond donors (Lipinski definition) is 1. The molecule has 1 fully saturated rings. The van der Waals surface area contributed by atoms with Crippen LogP contribution >= 0.6 is 12.2 Å². The molecule has 0 spiro atoms. The minimum absolute atomic E-state index is 0.211. The molecule has 16 heavy (non-hydrogen) atoms. The van der Waals surface area contributed by atoms with Gasteiger partial charge in [0.05, 0.1) is 16.8 Å². The van der Waals surface area contributed by atoms with Crippen LogP contribution in [0.1, 0.15) is 39.0 Å². The third kappa shape index (κ3) is 3.40. The molecule has 0 aromatic carbocycles. The average Bonchev–Trinajstić information content (AvgIpc) is 2.26. The summed E-state index contributed by atoms with van der Waals surface area (Å²) in [5, 5.41) is 0. The van der Waals surface area contributed by atoms with Crippen LogP contribution < -0.4 is 5.73 Å². The maximum atomic E-state index is 12.1. The predicted octanol–water partition coefficient (Wildman–Crippen LogP) is 1.26. The minimum atomic E-state index is -3.17. The van der Waals surface area contributed by atoms with Gasteiger partial charge in [-0.1, -0.05) is 32.0 Å². The van der Waals surface area contributed by atoms with Crippen LogP contribution in [0.25, 0.3) is 0 Å². The molecule has 94 valence electrons. The van der Waals surface area contributed by atoms with Gasteiger partial charge in [0.2, 0.25) is 10.0 Å². The molecule has 1 rings (SSSR count). The highest BCUT2D eigenvalue weighted by molar-refractivity contribution is 7.89. The largest absolute Gasteiger partial charge is 0.392 e. The maximum absolute atomic E-state index is 12.1. The Morgan fingerprint density at radius 1 is 1.50 bits per heavy atom. The standard InChI is InChI=1S/C10H20N2O2S2/c1-2-3-8-16(13,14)12-7-5-4-6-9(12)10(11)15/h9H,2-8H2,1H3,(H2,11,15). The van der Waals surface area contributed by atoms with Crippen molar-refractivity contribution in [3.63, 3.8) is 0 Å². The van der Waals surface area contributed by atoms with Crippen molar-refractivity contribution in [3.05, 3.63) is 0 Å². The molecule has 1 aliphatic rings. The molecule has 1 aliphatic heterocycles. The number of nitrogens with zero attached hydrogens (tertiary/aromatic N) is 1. The van der Waals surface area contributed by atoms with Gasteiger partial charge < -0.3 is 5.73 Å². The monoisotopic (exact) mass is 264 g/mol. The summed E-state index contributed by atoms with van der Waals surface area (Å²) < 4.78 is 25.6. The average molecular weight is 264 g/mol. The van der Waals surface area contributed by atoms with E-state index in [1.54, 1.807) is 0 Å². The van der Waals surface area contributed by atoms with Crippen LogP contribution in [0.2, 0.25) is 0 Å². The highest BCUT2D eigenvalue weighted by Crippen LogP contribution is 2.21. The Bertz CT molecular complexity index is 341. The van der Waals surface area contributed by atoms with Crippen LogP contribution in [0.15, 0.2) is 0 Å². The molecule has 1 unspecified atom stereocenters. The third-order valence-corrected chi connectivity index (χ3v) is 5.12. The lowest BCUT2D eigenvalue weighted by molar-refractivity contribution is 0.306. The molecular weight excluding hydrogens is 244 g/mol. The lowest BCUT2D eigenvalue weighted by Gasteiger charge is -2.33. The Labute approximate surface area is 103 Å². The van der Waals surface area contributed by atoms with Crippen molar-refractivity contribution >= 4 is 27.2 Å². The van der Waals surface area contributed by atoms with Gasteiger partial charge in [-0.25, -0.2) is 8.42 Å². The fraction of sp³-hybridized carbons (Fsp3) is 0.900. The normalized spacial score (nSPS) is 23.2. The Morgan fingerprint density at radius 2 is 2.19 bits per heavy atom. The SMILES string of the molecule is CCCCS(=O)(=O)N1CCCCC1C(N)=S. The second-order valence-electron chi connectivity index (χ2n) is 4.19. The minimum Gasteiger partial charge on any atom is -0.392 e. The molecule has 4 nitrogen and oxygen atoms in total. The zero-order valence-electron chi connectivity index (χ0n) is 9.68. The van der Waals surface area contributed by atoms with E-state index < -0.39 is 10.0 Å². The Hall–Kier alpha value is -0.200. The van der Waals surface area contributed by atoms with E-state index in [4.69, 9.17) is 18.0 Å². The number of unbranched alkanes of at least 4 members (excludes halogenated alkanes) is 1. The molecular formula is C10H20N2O2S2. The first-order valence-corrected chi connectivity index (χ1v) is 7.79. The smallest absolute Gasteiger partial charge is 0.214 e. The molecule has 0 aromatic heterocycles. The summed E-state index contributed by atoms with van der Waals surface area (Å²) in [6.45, 7) is 2.55. The van der Waals surface area contributed by atoms with Gasteiger partial charge >= 0.3 is 0 Å². The van der Waals surface area contributed by atoms with Gasteiger partial charge in [-0.05, 0) is 19.3 Å². The molecule has 0 aliphatic carbocycles. The van der Waals surface area contributed by atoms with E-state index in [2.05, 4.69) is 0 Å². The maximum Gasteiger partial charge on any atom is 0.214 e. The van der Waals surface area contributed by atoms with Gasteiger partial charge in [0.25, 0.3) is 0 Å². The van der Waals surface area contributed by atoms with Crippen molar-refractivity contribution in [2.75, 3.05) is 12.3 Å².